The number of hydrogen-bond acceptors (Lipinski definition) is 5. The van der Waals surface area contributed by atoms with Crippen LogP contribution in [-0.2, 0) is 27.3 Å². The lowest BCUT2D eigenvalue weighted by Crippen LogP contribution is -2.49. The number of nitrogens with zero attached hydrogens (tertiary/aromatic N) is 4. The number of Topliss-reactive ketones (excluding diaryl/α,β-unsaturated/α-hetero) is 1. The second-order valence-corrected chi connectivity index (χ2v) is 9.96. The van der Waals surface area contributed by atoms with Gasteiger partial charge in [-0.25, -0.2) is 0 Å². The van der Waals surface area contributed by atoms with Gasteiger partial charge in [0.1, 0.15) is 0 Å². The van der Waals surface area contributed by atoms with Crippen LogP contribution in [0.1, 0.15) is 30.4 Å². The Labute approximate surface area is 200 Å². The Hall–Kier alpha value is -3.06. The quantitative estimate of drug-likeness (QED) is 0.618. The largest absolute Gasteiger partial charge is 0.340 e. The average molecular weight is 461 g/mol. The predicted octanol–water partition coefficient (Wildman–Crippen LogP) is 2.17. The number of carbonyl (C=O) groups is 3. The molecule has 2 saturated heterocycles. The van der Waals surface area contributed by atoms with E-state index in [0.29, 0.717) is 13.1 Å². The molecule has 0 bridgehead atoms. The van der Waals surface area contributed by atoms with Gasteiger partial charge >= 0.3 is 0 Å². The Balaban J connectivity index is 1.07. The van der Waals surface area contributed by atoms with Crippen molar-refractivity contribution in [2.75, 3.05) is 39.3 Å². The highest BCUT2D eigenvalue weighted by Gasteiger charge is 2.59. The molecule has 1 atom stereocenters. The molecule has 7 nitrogen and oxygen atoms in total. The lowest BCUT2D eigenvalue weighted by Gasteiger charge is -2.36. The average Bonchev–Trinajstić information content (AvgIpc) is 3.58. The lowest BCUT2D eigenvalue weighted by molar-refractivity contribution is -0.145. The zero-order valence-electron chi connectivity index (χ0n) is 19.6. The molecule has 3 aliphatic rings. The molecule has 0 N–H and O–H groups in total. The monoisotopic (exact) mass is 460 g/mol. The maximum Gasteiger partial charge on any atom is 0.290 e. The molecule has 3 fully saturated rings. The van der Waals surface area contributed by atoms with Crippen molar-refractivity contribution >= 4 is 17.6 Å². The third kappa shape index (κ3) is 4.89. The summed E-state index contributed by atoms with van der Waals surface area (Å²) in [6, 6.07) is 13.4. The molecule has 2 aromatic rings. The maximum atomic E-state index is 13.2. The highest BCUT2D eigenvalue weighted by molar-refractivity contribution is 6.36. The van der Waals surface area contributed by atoms with Crippen LogP contribution >= 0.6 is 0 Å². The van der Waals surface area contributed by atoms with E-state index in [4.69, 9.17) is 0 Å². The van der Waals surface area contributed by atoms with Gasteiger partial charge in [-0.15, -0.1) is 0 Å². The first-order chi connectivity index (χ1) is 16.5. The Morgan fingerprint density at radius 3 is 2.24 bits per heavy atom. The molecule has 1 spiro atoms. The Bertz CT molecular complexity index is 1030. The number of pyridine rings is 1. The molecule has 1 aromatic heterocycles. The molecule has 0 radical (unpaired) electrons. The summed E-state index contributed by atoms with van der Waals surface area (Å²) in [7, 11) is 0. The van der Waals surface area contributed by atoms with Crippen molar-refractivity contribution in [1.82, 2.24) is 19.7 Å². The minimum atomic E-state index is -0.382. The van der Waals surface area contributed by atoms with E-state index in [0.717, 1.165) is 57.5 Å². The summed E-state index contributed by atoms with van der Waals surface area (Å²) < 4.78 is 0. The van der Waals surface area contributed by atoms with Crippen LogP contribution in [0.2, 0.25) is 0 Å². The van der Waals surface area contributed by atoms with E-state index in [2.05, 4.69) is 16.0 Å². The third-order valence-corrected chi connectivity index (χ3v) is 7.79. The van der Waals surface area contributed by atoms with Crippen molar-refractivity contribution in [3.63, 3.8) is 0 Å². The summed E-state index contributed by atoms with van der Waals surface area (Å²) >= 11 is 0. The van der Waals surface area contributed by atoms with Crippen molar-refractivity contribution in [2.24, 2.45) is 11.3 Å². The van der Waals surface area contributed by atoms with Crippen LogP contribution in [0.3, 0.4) is 0 Å². The minimum Gasteiger partial charge on any atom is -0.340 e. The standard InChI is InChI=1S/C27H32N4O3/c32-24(17-21-5-2-1-3-6-21)26(34)30-11-8-27(9-12-30)18-23(27)25(33)31-15-13-29(14-16-31)20-22-7-4-10-28-19-22/h1-7,10,19,23H,8-9,11-18,20H2. The van der Waals surface area contributed by atoms with Crippen LogP contribution in [0.5, 0.6) is 0 Å². The normalized spacial score (nSPS) is 21.9. The van der Waals surface area contributed by atoms with Crippen molar-refractivity contribution in [3.05, 3.63) is 66.0 Å². The summed E-state index contributed by atoms with van der Waals surface area (Å²) in [5, 5.41) is 0. The topological polar surface area (TPSA) is 73.8 Å². The van der Waals surface area contributed by atoms with Crippen molar-refractivity contribution in [2.45, 2.75) is 32.2 Å². The van der Waals surface area contributed by atoms with Crippen molar-refractivity contribution < 1.29 is 14.4 Å². The molecule has 34 heavy (non-hydrogen) atoms. The molecule has 1 saturated carbocycles. The second kappa shape index (κ2) is 9.66. The van der Waals surface area contributed by atoms with Gasteiger partial charge in [0.15, 0.2) is 0 Å². The molecule has 1 aromatic carbocycles. The molecule has 2 aliphatic heterocycles. The van der Waals surface area contributed by atoms with Crippen molar-refractivity contribution in [3.8, 4) is 0 Å². The van der Waals surface area contributed by atoms with Crippen molar-refractivity contribution in [1.29, 1.82) is 0 Å². The number of likely N-dealkylation sites (tertiary alicyclic amines) is 1. The first-order valence-electron chi connectivity index (χ1n) is 12.3. The van der Waals surface area contributed by atoms with E-state index in [9.17, 15) is 14.4 Å². The maximum absolute atomic E-state index is 13.2. The molecule has 2 amide bonds. The lowest BCUT2D eigenvalue weighted by atomic mass is 9.90. The van der Waals surface area contributed by atoms with Gasteiger partial charge in [0.25, 0.3) is 5.91 Å². The third-order valence-electron chi connectivity index (χ3n) is 7.79. The van der Waals surface area contributed by atoms with Crippen LogP contribution in [0, 0.1) is 11.3 Å². The van der Waals surface area contributed by atoms with Gasteiger partial charge in [0.2, 0.25) is 11.7 Å². The molecule has 1 unspecified atom stereocenters. The van der Waals surface area contributed by atoms with E-state index in [1.54, 1.807) is 11.1 Å². The number of aromatic nitrogens is 1. The van der Waals surface area contributed by atoms with E-state index >= 15 is 0 Å². The number of rotatable bonds is 6. The predicted molar refractivity (Wildman–Crippen MR) is 128 cm³/mol. The molecular formula is C27H32N4O3. The van der Waals surface area contributed by atoms with Crippen LogP contribution in [-0.4, -0.2) is 76.5 Å². The molecular weight excluding hydrogens is 428 g/mol. The number of carbonyl (C=O) groups excluding carboxylic acids is 3. The Kier molecular flexibility index (Phi) is 6.46. The smallest absolute Gasteiger partial charge is 0.290 e. The minimum absolute atomic E-state index is 0.0309. The first kappa shape index (κ1) is 22.7. The number of piperidine rings is 1. The van der Waals surface area contributed by atoms with Gasteiger partial charge in [-0.3, -0.25) is 24.3 Å². The molecule has 3 heterocycles. The Morgan fingerprint density at radius 2 is 1.56 bits per heavy atom. The molecule has 7 heteroatoms. The summed E-state index contributed by atoms with van der Waals surface area (Å²) in [6.07, 6.45) is 6.38. The highest BCUT2D eigenvalue weighted by atomic mass is 16.2. The fourth-order valence-corrected chi connectivity index (χ4v) is 5.53. The first-order valence-corrected chi connectivity index (χ1v) is 12.3. The van der Waals surface area contributed by atoms with Gasteiger partial charge in [-0.2, -0.15) is 0 Å². The van der Waals surface area contributed by atoms with Crippen LogP contribution in [0.4, 0.5) is 0 Å². The van der Waals surface area contributed by atoms with Gasteiger partial charge in [0, 0.05) is 70.5 Å². The van der Waals surface area contributed by atoms with Crippen LogP contribution in [0.15, 0.2) is 54.9 Å². The second-order valence-electron chi connectivity index (χ2n) is 9.96. The number of ketones is 1. The van der Waals surface area contributed by atoms with Crippen LogP contribution in [0.25, 0.3) is 0 Å². The van der Waals surface area contributed by atoms with Crippen LogP contribution < -0.4 is 0 Å². The fourth-order valence-electron chi connectivity index (χ4n) is 5.53. The zero-order valence-corrected chi connectivity index (χ0v) is 19.6. The number of piperazine rings is 1. The van der Waals surface area contributed by atoms with Gasteiger partial charge in [-0.05, 0) is 41.9 Å². The van der Waals surface area contributed by atoms with Gasteiger partial charge < -0.3 is 9.80 Å². The number of amides is 2. The summed E-state index contributed by atoms with van der Waals surface area (Å²) in [5.74, 6) is -0.378. The fraction of sp³-hybridized carbons (Fsp3) is 0.481. The summed E-state index contributed by atoms with van der Waals surface area (Å²) in [5.41, 5.74) is 2.10. The SMILES string of the molecule is O=C(Cc1ccccc1)C(=O)N1CCC2(CC1)CC2C(=O)N1CCN(Cc2cccnc2)CC1. The Morgan fingerprint density at radius 1 is 0.853 bits per heavy atom. The summed E-state index contributed by atoms with van der Waals surface area (Å²) in [6.45, 7) is 5.31. The van der Waals surface area contributed by atoms with E-state index in [-0.39, 0.29) is 35.4 Å². The van der Waals surface area contributed by atoms with Gasteiger partial charge in [0.05, 0.1) is 0 Å². The molecule has 1 aliphatic carbocycles. The van der Waals surface area contributed by atoms with E-state index < -0.39 is 0 Å². The number of hydrogen-bond donors (Lipinski definition) is 0. The molecule has 5 rings (SSSR count). The van der Waals surface area contributed by atoms with E-state index in [1.807, 2.05) is 47.5 Å². The highest BCUT2D eigenvalue weighted by Crippen LogP contribution is 2.60. The van der Waals surface area contributed by atoms with E-state index in [1.165, 1.54) is 5.56 Å². The summed E-state index contributed by atoms with van der Waals surface area (Å²) in [4.78, 5) is 48.6. The van der Waals surface area contributed by atoms with Gasteiger partial charge in [-0.1, -0.05) is 36.4 Å². The molecule has 178 valence electrons. The number of benzene rings is 1. The zero-order chi connectivity index (χ0) is 23.5.